The highest BCUT2D eigenvalue weighted by Crippen LogP contribution is 2.35. The van der Waals surface area contributed by atoms with Gasteiger partial charge in [-0.3, -0.25) is 0 Å². The van der Waals surface area contributed by atoms with Gasteiger partial charge in [0.1, 0.15) is 11.5 Å². The average Bonchev–Trinajstić information content (AvgIpc) is 2.32. The van der Waals surface area contributed by atoms with Gasteiger partial charge in [-0.1, -0.05) is 13.0 Å². The van der Waals surface area contributed by atoms with Gasteiger partial charge in [0.15, 0.2) is 0 Å². The van der Waals surface area contributed by atoms with E-state index < -0.39 is 0 Å². The lowest BCUT2D eigenvalue weighted by Gasteiger charge is -1.99. The summed E-state index contributed by atoms with van der Waals surface area (Å²) in [6.07, 6.45) is 0. The van der Waals surface area contributed by atoms with E-state index >= 15 is 0 Å². The normalized spacial score (nSPS) is 21.0. The number of rotatable bonds is 0. The molecule has 0 fully saturated rings. The van der Waals surface area contributed by atoms with E-state index in [1.165, 1.54) is 5.56 Å². The third-order valence-corrected chi connectivity index (χ3v) is 2.02. The number of fused-ring (bicyclic) bond motifs is 1. The van der Waals surface area contributed by atoms with E-state index in [0.29, 0.717) is 5.92 Å². The first-order valence-corrected chi connectivity index (χ1v) is 3.73. The number of hydrogen-bond donors (Lipinski definition) is 1. The van der Waals surface area contributed by atoms with Gasteiger partial charge in [0.05, 0.1) is 6.61 Å². The molecule has 0 saturated heterocycles. The largest absolute Gasteiger partial charge is 0.508 e. The van der Waals surface area contributed by atoms with E-state index in [9.17, 15) is 0 Å². The van der Waals surface area contributed by atoms with Crippen LogP contribution in [-0.4, -0.2) is 11.7 Å². The van der Waals surface area contributed by atoms with Crippen molar-refractivity contribution in [2.75, 3.05) is 6.61 Å². The number of phenolic OH excluding ortho intramolecular Hbond substituents is 1. The van der Waals surface area contributed by atoms with Crippen LogP contribution in [0, 0.1) is 0 Å². The van der Waals surface area contributed by atoms with Crippen LogP contribution in [0.2, 0.25) is 0 Å². The highest BCUT2D eigenvalue weighted by molar-refractivity contribution is 5.44. The van der Waals surface area contributed by atoms with Gasteiger partial charge in [-0.05, 0) is 6.07 Å². The first-order chi connectivity index (χ1) is 5.27. The quantitative estimate of drug-likeness (QED) is 0.612. The molecule has 2 nitrogen and oxygen atoms in total. The minimum absolute atomic E-state index is 0.276. The fourth-order valence-electron chi connectivity index (χ4n) is 1.36. The van der Waals surface area contributed by atoms with Crippen LogP contribution in [0.1, 0.15) is 18.4 Å². The molecule has 11 heavy (non-hydrogen) atoms. The highest BCUT2D eigenvalue weighted by Gasteiger charge is 2.19. The molecule has 2 heteroatoms. The van der Waals surface area contributed by atoms with E-state index in [1.807, 2.05) is 6.07 Å². The van der Waals surface area contributed by atoms with Gasteiger partial charge >= 0.3 is 0 Å². The van der Waals surface area contributed by atoms with Gasteiger partial charge in [0, 0.05) is 17.5 Å². The van der Waals surface area contributed by atoms with Crippen LogP contribution in [0.5, 0.6) is 11.5 Å². The molecule has 1 aliphatic heterocycles. The zero-order valence-electron chi connectivity index (χ0n) is 6.37. The lowest BCUT2D eigenvalue weighted by Crippen LogP contribution is -1.93. The van der Waals surface area contributed by atoms with Crippen LogP contribution in [0.4, 0.5) is 0 Å². The molecule has 1 aliphatic rings. The van der Waals surface area contributed by atoms with E-state index in [1.54, 1.807) is 12.1 Å². The molecule has 1 aromatic carbocycles. The van der Waals surface area contributed by atoms with Crippen LogP contribution in [0.3, 0.4) is 0 Å². The first kappa shape index (κ1) is 6.53. The summed E-state index contributed by atoms with van der Waals surface area (Å²) in [4.78, 5) is 0. The predicted octanol–water partition coefficient (Wildman–Crippen LogP) is 1.89. The second kappa shape index (κ2) is 2.16. The fourth-order valence-corrected chi connectivity index (χ4v) is 1.36. The molecule has 1 unspecified atom stereocenters. The maximum atomic E-state index is 9.10. The molecule has 0 spiro atoms. The molecule has 0 amide bonds. The minimum atomic E-state index is 0.276. The van der Waals surface area contributed by atoms with Crippen molar-refractivity contribution in [3.05, 3.63) is 23.8 Å². The number of ether oxygens (including phenoxy) is 1. The summed E-state index contributed by atoms with van der Waals surface area (Å²) in [7, 11) is 0. The summed E-state index contributed by atoms with van der Waals surface area (Å²) in [5.41, 5.74) is 1.20. The number of hydrogen-bond acceptors (Lipinski definition) is 2. The topological polar surface area (TPSA) is 29.5 Å². The zero-order valence-corrected chi connectivity index (χ0v) is 6.37. The lowest BCUT2D eigenvalue weighted by atomic mass is 10.0. The Morgan fingerprint density at radius 2 is 2.36 bits per heavy atom. The second-order valence-corrected chi connectivity index (χ2v) is 2.93. The summed E-state index contributed by atoms with van der Waals surface area (Å²) < 4.78 is 5.33. The van der Waals surface area contributed by atoms with Crippen LogP contribution < -0.4 is 4.74 Å². The Kier molecular flexibility index (Phi) is 1.28. The van der Waals surface area contributed by atoms with Crippen molar-refractivity contribution in [3.63, 3.8) is 0 Å². The van der Waals surface area contributed by atoms with E-state index in [2.05, 4.69) is 6.92 Å². The van der Waals surface area contributed by atoms with Crippen LogP contribution in [0.25, 0.3) is 0 Å². The van der Waals surface area contributed by atoms with Gasteiger partial charge < -0.3 is 9.84 Å². The molecular weight excluding hydrogens is 140 g/mol. The molecule has 0 aliphatic carbocycles. The SMILES string of the molecule is CC1COc2cc(O)ccc21. The molecule has 0 saturated carbocycles. The van der Waals surface area contributed by atoms with Crippen molar-refractivity contribution in [2.24, 2.45) is 0 Å². The molecule has 2 rings (SSSR count). The number of phenols is 1. The predicted molar refractivity (Wildman–Crippen MR) is 42.0 cm³/mol. The molecule has 0 bridgehead atoms. The Morgan fingerprint density at radius 1 is 1.55 bits per heavy atom. The molecule has 1 atom stereocenters. The molecule has 0 radical (unpaired) electrons. The summed E-state index contributed by atoms with van der Waals surface area (Å²) in [6, 6.07) is 5.28. The molecule has 0 aromatic heterocycles. The Labute approximate surface area is 65.4 Å². The smallest absolute Gasteiger partial charge is 0.126 e. The van der Waals surface area contributed by atoms with Crippen molar-refractivity contribution in [2.45, 2.75) is 12.8 Å². The van der Waals surface area contributed by atoms with E-state index in [4.69, 9.17) is 9.84 Å². The Balaban J connectivity index is 2.50. The second-order valence-electron chi connectivity index (χ2n) is 2.93. The zero-order chi connectivity index (χ0) is 7.84. The molecule has 58 valence electrons. The van der Waals surface area contributed by atoms with Gasteiger partial charge in [-0.15, -0.1) is 0 Å². The van der Waals surface area contributed by atoms with Gasteiger partial charge in [-0.25, -0.2) is 0 Å². The lowest BCUT2D eigenvalue weighted by molar-refractivity contribution is 0.336. The molecular formula is C9H10O2. The van der Waals surface area contributed by atoms with Crippen molar-refractivity contribution in [1.82, 2.24) is 0 Å². The first-order valence-electron chi connectivity index (χ1n) is 3.73. The highest BCUT2D eigenvalue weighted by atomic mass is 16.5. The van der Waals surface area contributed by atoms with Crippen molar-refractivity contribution in [3.8, 4) is 11.5 Å². The Hall–Kier alpha value is -1.18. The van der Waals surface area contributed by atoms with E-state index in [0.717, 1.165) is 12.4 Å². The summed E-state index contributed by atoms with van der Waals surface area (Å²) in [5, 5.41) is 9.10. The standard InChI is InChI=1S/C9H10O2/c1-6-5-11-9-4-7(10)2-3-8(6)9/h2-4,6,10H,5H2,1H3. The fraction of sp³-hybridized carbons (Fsp3) is 0.333. The average molecular weight is 150 g/mol. The summed E-state index contributed by atoms with van der Waals surface area (Å²) in [6.45, 7) is 2.85. The van der Waals surface area contributed by atoms with Crippen LogP contribution in [-0.2, 0) is 0 Å². The van der Waals surface area contributed by atoms with Crippen molar-refractivity contribution in [1.29, 1.82) is 0 Å². The Morgan fingerprint density at radius 3 is 3.18 bits per heavy atom. The van der Waals surface area contributed by atoms with Gasteiger partial charge in [-0.2, -0.15) is 0 Å². The van der Waals surface area contributed by atoms with E-state index in [-0.39, 0.29) is 5.75 Å². The molecule has 1 heterocycles. The summed E-state index contributed by atoms with van der Waals surface area (Å²) in [5.74, 6) is 1.57. The maximum Gasteiger partial charge on any atom is 0.126 e. The maximum absolute atomic E-state index is 9.10. The molecule has 1 aromatic rings. The third-order valence-electron chi connectivity index (χ3n) is 2.02. The number of aromatic hydroxyl groups is 1. The number of benzene rings is 1. The van der Waals surface area contributed by atoms with Gasteiger partial charge in [0.2, 0.25) is 0 Å². The van der Waals surface area contributed by atoms with Crippen molar-refractivity contribution < 1.29 is 9.84 Å². The monoisotopic (exact) mass is 150 g/mol. The Bertz CT molecular complexity index is 281. The minimum Gasteiger partial charge on any atom is -0.508 e. The van der Waals surface area contributed by atoms with Crippen molar-refractivity contribution >= 4 is 0 Å². The summed E-state index contributed by atoms with van der Waals surface area (Å²) >= 11 is 0. The van der Waals surface area contributed by atoms with Gasteiger partial charge in [0.25, 0.3) is 0 Å². The van der Waals surface area contributed by atoms with Crippen LogP contribution in [0.15, 0.2) is 18.2 Å². The molecule has 1 N–H and O–H groups in total. The van der Waals surface area contributed by atoms with Crippen LogP contribution >= 0.6 is 0 Å². The third kappa shape index (κ3) is 0.946.